The summed E-state index contributed by atoms with van der Waals surface area (Å²) in [6.07, 6.45) is 6.94. The van der Waals surface area contributed by atoms with Crippen molar-refractivity contribution in [1.82, 2.24) is 0 Å². The molecule has 214 valence electrons. The van der Waals surface area contributed by atoms with Crippen LogP contribution in [0.4, 0.5) is 5.69 Å². The first kappa shape index (κ1) is 32.2. The van der Waals surface area contributed by atoms with Gasteiger partial charge in [-0.1, -0.05) is 59.5 Å². The van der Waals surface area contributed by atoms with Gasteiger partial charge in [-0.3, -0.25) is 4.55 Å². The molecule has 1 aromatic heterocycles. The molecule has 0 saturated heterocycles. The van der Waals surface area contributed by atoms with Gasteiger partial charge in [0.2, 0.25) is 0 Å². The van der Waals surface area contributed by atoms with Crippen LogP contribution < -0.4 is 14.2 Å². The molecule has 0 radical (unpaired) electrons. The number of thiazole rings is 1. The number of hydrogen-bond acceptors (Lipinski definition) is 9. The van der Waals surface area contributed by atoms with Crippen LogP contribution >= 0.6 is 23.1 Å². The van der Waals surface area contributed by atoms with Crippen molar-refractivity contribution >= 4 is 90.7 Å². The fourth-order valence-electron chi connectivity index (χ4n) is 4.61. The van der Waals surface area contributed by atoms with E-state index >= 15 is 0 Å². The van der Waals surface area contributed by atoms with Crippen LogP contribution in [0.25, 0.3) is 23.3 Å². The first-order valence-electron chi connectivity index (χ1n) is 12.7. The monoisotopic (exact) mass is 644 g/mol. The van der Waals surface area contributed by atoms with Gasteiger partial charge in [-0.25, -0.2) is 8.42 Å². The number of ether oxygens (including phenoxy) is 1. The quantitative estimate of drug-likeness (QED) is 0.143. The topological polar surface area (TPSA) is 128 Å². The summed E-state index contributed by atoms with van der Waals surface area (Å²) < 4.78 is 73.2. The van der Waals surface area contributed by atoms with Crippen molar-refractivity contribution in [2.45, 2.75) is 30.7 Å². The zero-order valence-corrected chi connectivity index (χ0v) is 24.7. The van der Waals surface area contributed by atoms with E-state index in [1.807, 2.05) is 53.1 Å². The summed E-state index contributed by atoms with van der Waals surface area (Å²) in [6.45, 7) is 1.25. The minimum absolute atomic E-state index is 0. The van der Waals surface area contributed by atoms with Gasteiger partial charge in [0.15, 0.2) is 6.54 Å². The molecule has 0 saturated carbocycles. The molecule has 0 amide bonds. The number of benzene rings is 2. The molecule has 41 heavy (non-hydrogen) atoms. The molecule has 5 rings (SSSR count). The van der Waals surface area contributed by atoms with Crippen LogP contribution in [-0.4, -0.2) is 80.2 Å². The normalized spacial score (nSPS) is 15.4. The van der Waals surface area contributed by atoms with Crippen LogP contribution in [0.5, 0.6) is 5.88 Å². The Labute approximate surface area is 270 Å². The summed E-state index contributed by atoms with van der Waals surface area (Å²) in [5.41, 5.74) is 3.15. The van der Waals surface area contributed by atoms with Crippen LogP contribution in [0.3, 0.4) is 0 Å². The number of fused-ring (bicyclic) bond motifs is 2. The van der Waals surface area contributed by atoms with Crippen LogP contribution in [0.2, 0.25) is 0 Å². The second-order valence-corrected chi connectivity index (χ2v) is 14.6. The number of hydrogen-bond donors (Lipinski definition) is 1. The van der Waals surface area contributed by atoms with Crippen LogP contribution in [-0.2, 0) is 26.8 Å². The summed E-state index contributed by atoms with van der Waals surface area (Å²) in [5.74, 6) is -0.110. The van der Waals surface area contributed by atoms with E-state index < -0.39 is 26.0 Å². The molecular formula is C27H29N2NaO7S4. The van der Waals surface area contributed by atoms with Crippen molar-refractivity contribution in [3.05, 3.63) is 69.5 Å². The Bertz CT molecular complexity index is 1670. The second kappa shape index (κ2) is 13.7. The fraction of sp³-hybridized carbons (Fsp3) is 0.296. The van der Waals surface area contributed by atoms with Gasteiger partial charge in [0.1, 0.15) is 11.5 Å². The van der Waals surface area contributed by atoms with Crippen molar-refractivity contribution in [1.29, 1.82) is 0 Å². The van der Waals surface area contributed by atoms with E-state index in [-0.39, 0.29) is 41.7 Å². The minimum atomic E-state index is -4.33. The molecular weight excluding hydrogens is 616 g/mol. The predicted octanol–water partition coefficient (Wildman–Crippen LogP) is 3.97. The van der Waals surface area contributed by atoms with Gasteiger partial charge in [-0.05, 0) is 48.3 Å². The van der Waals surface area contributed by atoms with Crippen molar-refractivity contribution in [2.24, 2.45) is 0 Å². The third-order valence-corrected chi connectivity index (χ3v) is 10.2. The number of thioether (sulfide) groups is 1. The van der Waals surface area contributed by atoms with Crippen LogP contribution in [0.15, 0.2) is 64.5 Å². The van der Waals surface area contributed by atoms with Gasteiger partial charge in [-0.15, -0.1) is 4.57 Å². The molecule has 0 bridgehead atoms. The third kappa shape index (κ3) is 8.46. The van der Waals surface area contributed by atoms with E-state index in [4.69, 9.17) is 4.74 Å². The number of aromatic nitrogens is 1. The van der Waals surface area contributed by atoms with Gasteiger partial charge >= 0.3 is 35.4 Å². The van der Waals surface area contributed by atoms with Crippen molar-refractivity contribution in [2.75, 3.05) is 29.6 Å². The first-order valence-corrected chi connectivity index (χ1v) is 17.5. The average molecular weight is 645 g/mol. The molecule has 9 nitrogen and oxygen atoms in total. The zero-order valence-electron chi connectivity index (χ0n) is 21.4. The molecule has 0 unspecified atom stereocenters. The Balaban J connectivity index is 0.00000387. The number of unbranched alkanes of at least 4 members (excludes halogenated alkanes) is 1. The van der Waals surface area contributed by atoms with E-state index in [0.29, 0.717) is 38.4 Å². The summed E-state index contributed by atoms with van der Waals surface area (Å²) in [7, 11) is -8.37. The standard InChI is InChI=1S/C27H28N2O7S4.Na.H/c30-39(31,32)16-5-4-13-28-22-18-21(20-8-2-1-3-9-20)11-12-23(22)37-25(28)19-26-29(14-7-17-40(33,34)35)27-24(38-26)10-6-15-36-27;;/h1-3,6,8-12,18-19H,4-5,7,13-17H2,(H-,30,31,32,33,34,35);;. The van der Waals surface area contributed by atoms with Gasteiger partial charge in [0.05, 0.1) is 32.7 Å². The molecule has 2 aromatic carbocycles. The molecule has 14 heteroatoms. The van der Waals surface area contributed by atoms with E-state index in [0.717, 1.165) is 36.6 Å². The zero-order chi connectivity index (χ0) is 28.3. The molecule has 0 spiro atoms. The van der Waals surface area contributed by atoms with E-state index in [1.54, 1.807) is 11.8 Å². The maximum absolute atomic E-state index is 11.3. The Morgan fingerprint density at radius 2 is 1.80 bits per heavy atom. The molecule has 3 heterocycles. The SMILES string of the molecule is O=S(=O)([O-])CCC[n+]1c(C=C2Sc3ccc(-c4ccccc4)cc3N2CCCCS(=O)(=O)O)sc2c1OCC=C2.[NaH]. The van der Waals surface area contributed by atoms with Crippen LogP contribution in [0.1, 0.15) is 29.1 Å². The summed E-state index contributed by atoms with van der Waals surface area (Å²) in [4.78, 5) is 4.12. The van der Waals surface area contributed by atoms with Gasteiger partial charge < -0.3 is 14.2 Å². The summed E-state index contributed by atoms with van der Waals surface area (Å²) >= 11 is 3.11. The molecule has 2 aliphatic rings. The van der Waals surface area contributed by atoms with Crippen molar-refractivity contribution < 1.29 is 35.2 Å². The van der Waals surface area contributed by atoms with Gasteiger partial charge in [0, 0.05) is 23.6 Å². The average Bonchev–Trinajstić information content (AvgIpc) is 3.43. The molecule has 0 atom stereocenters. The van der Waals surface area contributed by atoms with Crippen molar-refractivity contribution in [3.63, 3.8) is 0 Å². The second-order valence-electron chi connectivity index (χ2n) is 9.37. The van der Waals surface area contributed by atoms with Gasteiger partial charge in [0.25, 0.3) is 15.1 Å². The summed E-state index contributed by atoms with van der Waals surface area (Å²) in [6, 6.07) is 16.3. The summed E-state index contributed by atoms with van der Waals surface area (Å²) in [5, 5.41) is 1.78. The van der Waals surface area contributed by atoms with Gasteiger partial charge in [-0.2, -0.15) is 8.42 Å². The number of anilines is 1. The molecule has 0 fully saturated rings. The van der Waals surface area contributed by atoms with E-state index in [2.05, 4.69) is 23.1 Å². The number of nitrogens with zero attached hydrogens (tertiary/aromatic N) is 2. The number of rotatable bonds is 11. The fourth-order valence-corrected chi connectivity index (χ4v) is 7.94. The Hall–Kier alpha value is -1.68. The molecule has 2 aliphatic heterocycles. The third-order valence-electron chi connectivity index (χ3n) is 6.42. The predicted molar refractivity (Wildman–Crippen MR) is 164 cm³/mol. The first-order chi connectivity index (χ1) is 19.1. The van der Waals surface area contributed by atoms with E-state index in [1.165, 1.54) is 11.3 Å². The molecule has 3 aromatic rings. The van der Waals surface area contributed by atoms with Crippen molar-refractivity contribution in [3.8, 4) is 17.0 Å². The Kier molecular flexibility index (Phi) is 10.8. The molecule has 0 aliphatic carbocycles. The van der Waals surface area contributed by atoms with Crippen LogP contribution in [0, 0.1) is 0 Å². The Morgan fingerprint density at radius 3 is 2.54 bits per heavy atom. The maximum atomic E-state index is 11.3. The molecule has 1 N–H and O–H groups in total. The Morgan fingerprint density at radius 1 is 1.02 bits per heavy atom. The van der Waals surface area contributed by atoms with E-state index in [9.17, 15) is 25.9 Å².